The standard InChI is InChI=1S/C15H16N4S/c1-11(2)10-16-15(14-8-5-9-20-14)19-13-7-4-3-6-12(13)17-18-19/h3-9,11H,10H2,1-2H3. The van der Waals surface area contributed by atoms with Crippen molar-refractivity contribution in [2.75, 3.05) is 6.54 Å². The lowest BCUT2D eigenvalue weighted by Crippen LogP contribution is -2.15. The maximum absolute atomic E-state index is 4.75. The summed E-state index contributed by atoms with van der Waals surface area (Å²) < 4.78 is 1.84. The van der Waals surface area contributed by atoms with Crippen LogP contribution in [0.2, 0.25) is 0 Å². The highest BCUT2D eigenvalue weighted by Crippen LogP contribution is 2.16. The van der Waals surface area contributed by atoms with Gasteiger partial charge in [0, 0.05) is 6.54 Å². The van der Waals surface area contributed by atoms with E-state index < -0.39 is 0 Å². The molecule has 3 aromatic rings. The lowest BCUT2D eigenvalue weighted by Gasteiger charge is -2.06. The minimum Gasteiger partial charge on any atom is -0.265 e. The molecule has 2 aromatic heterocycles. The lowest BCUT2D eigenvalue weighted by molar-refractivity contribution is 0.662. The number of hydrogen-bond acceptors (Lipinski definition) is 4. The van der Waals surface area contributed by atoms with Crippen LogP contribution in [0.5, 0.6) is 0 Å². The van der Waals surface area contributed by atoms with Crippen LogP contribution in [0.25, 0.3) is 11.0 Å². The number of fused-ring (bicyclic) bond motifs is 1. The zero-order valence-electron chi connectivity index (χ0n) is 11.5. The van der Waals surface area contributed by atoms with Crippen molar-refractivity contribution in [1.82, 2.24) is 15.0 Å². The molecule has 0 aliphatic carbocycles. The summed E-state index contributed by atoms with van der Waals surface area (Å²) in [5, 5.41) is 10.5. The van der Waals surface area contributed by atoms with Crippen molar-refractivity contribution >= 4 is 28.2 Å². The molecule has 0 radical (unpaired) electrons. The van der Waals surface area contributed by atoms with Crippen molar-refractivity contribution in [3.63, 3.8) is 0 Å². The summed E-state index contributed by atoms with van der Waals surface area (Å²) in [4.78, 5) is 5.86. The molecule has 1 aromatic carbocycles. The summed E-state index contributed by atoms with van der Waals surface area (Å²) in [5.74, 6) is 1.39. The SMILES string of the molecule is CC(C)CN=C(c1cccs1)n1nnc2ccccc21. The zero-order chi connectivity index (χ0) is 13.9. The number of benzene rings is 1. The molecule has 0 aliphatic heterocycles. The molecule has 0 saturated carbocycles. The van der Waals surface area contributed by atoms with E-state index in [1.54, 1.807) is 11.3 Å². The largest absolute Gasteiger partial charge is 0.265 e. The Morgan fingerprint density at radius 3 is 2.85 bits per heavy atom. The van der Waals surface area contributed by atoms with Crippen LogP contribution in [0, 0.1) is 5.92 Å². The fraction of sp³-hybridized carbons (Fsp3) is 0.267. The molecule has 5 heteroatoms. The summed E-state index contributed by atoms with van der Waals surface area (Å²) in [7, 11) is 0. The summed E-state index contributed by atoms with van der Waals surface area (Å²) in [5.41, 5.74) is 1.88. The molecule has 0 fully saturated rings. The minimum absolute atomic E-state index is 0.514. The van der Waals surface area contributed by atoms with Crippen LogP contribution in [0.3, 0.4) is 0 Å². The van der Waals surface area contributed by atoms with Crippen LogP contribution in [0.1, 0.15) is 18.7 Å². The Morgan fingerprint density at radius 2 is 2.10 bits per heavy atom. The molecule has 0 unspecified atom stereocenters. The number of aromatic nitrogens is 3. The number of thiophene rings is 1. The predicted octanol–water partition coefficient (Wildman–Crippen LogP) is 3.44. The van der Waals surface area contributed by atoms with Gasteiger partial charge in [-0.1, -0.05) is 37.3 Å². The highest BCUT2D eigenvalue weighted by molar-refractivity contribution is 7.12. The van der Waals surface area contributed by atoms with Gasteiger partial charge >= 0.3 is 0 Å². The van der Waals surface area contributed by atoms with Crippen LogP contribution in [0.4, 0.5) is 0 Å². The van der Waals surface area contributed by atoms with E-state index in [4.69, 9.17) is 4.99 Å². The van der Waals surface area contributed by atoms with Crippen molar-refractivity contribution in [2.45, 2.75) is 13.8 Å². The lowest BCUT2D eigenvalue weighted by atomic mass is 10.2. The molecule has 0 N–H and O–H groups in total. The molecule has 0 saturated heterocycles. The average Bonchev–Trinajstić information content (AvgIpc) is 3.09. The first-order valence-corrected chi connectivity index (χ1v) is 7.53. The second kappa shape index (κ2) is 5.54. The van der Waals surface area contributed by atoms with E-state index >= 15 is 0 Å². The number of hydrogen-bond donors (Lipinski definition) is 0. The smallest absolute Gasteiger partial charge is 0.168 e. The topological polar surface area (TPSA) is 43.1 Å². The first-order chi connectivity index (χ1) is 9.75. The van der Waals surface area contributed by atoms with E-state index in [1.165, 1.54) is 0 Å². The van der Waals surface area contributed by atoms with Gasteiger partial charge in [0.15, 0.2) is 5.84 Å². The Morgan fingerprint density at radius 1 is 1.25 bits per heavy atom. The quantitative estimate of drug-likeness (QED) is 0.546. The van der Waals surface area contributed by atoms with E-state index in [2.05, 4.69) is 35.6 Å². The first-order valence-electron chi connectivity index (χ1n) is 6.65. The van der Waals surface area contributed by atoms with Crippen LogP contribution in [0.15, 0.2) is 46.8 Å². The van der Waals surface area contributed by atoms with Crippen molar-refractivity contribution in [1.29, 1.82) is 0 Å². The van der Waals surface area contributed by atoms with E-state index in [-0.39, 0.29) is 0 Å². The third-order valence-corrected chi connectivity index (χ3v) is 3.77. The van der Waals surface area contributed by atoms with Gasteiger partial charge in [-0.25, -0.2) is 0 Å². The molecule has 0 atom stereocenters. The number of para-hydroxylation sites is 1. The normalized spacial score (nSPS) is 12.4. The Kier molecular flexibility index (Phi) is 3.60. The van der Waals surface area contributed by atoms with Crippen LogP contribution in [-0.2, 0) is 0 Å². The highest BCUT2D eigenvalue weighted by atomic mass is 32.1. The maximum atomic E-state index is 4.75. The molecule has 2 heterocycles. The second-order valence-corrected chi connectivity index (χ2v) is 5.97. The Balaban J connectivity index is 2.12. The van der Waals surface area contributed by atoms with Crippen molar-refractivity contribution in [3.8, 4) is 0 Å². The summed E-state index contributed by atoms with van der Waals surface area (Å²) in [6.07, 6.45) is 0. The molecule has 4 nitrogen and oxygen atoms in total. The van der Waals surface area contributed by atoms with Crippen molar-refractivity contribution in [3.05, 3.63) is 46.7 Å². The van der Waals surface area contributed by atoms with E-state index in [0.717, 1.165) is 28.3 Å². The van der Waals surface area contributed by atoms with E-state index in [1.807, 2.05) is 35.0 Å². The molecule has 3 rings (SSSR count). The van der Waals surface area contributed by atoms with Gasteiger partial charge in [-0.15, -0.1) is 16.4 Å². The zero-order valence-corrected chi connectivity index (χ0v) is 12.3. The van der Waals surface area contributed by atoms with Crippen molar-refractivity contribution in [2.24, 2.45) is 10.9 Å². The number of nitrogens with zero attached hydrogens (tertiary/aromatic N) is 4. The van der Waals surface area contributed by atoms with Gasteiger partial charge in [0.1, 0.15) is 5.52 Å². The summed E-state index contributed by atoms with van der Waals surface area (Å²) in [6, 6.07) is 12.1. The van der Waals surface area contributed by atoms with Gasteiger partial charge in [0.05, 0.1) is 10.4 Å². The molecular formula is C15H16N4S. The average molecular weight is 284 g/mol. The molecule has 0 spiro atoms. The fourth-order valence-corrected chi connectivity index (χ4v) is 2.67. The van der Waals surface area contributed by atoms with E-state index in [0.29, 0.717) is 5.92 Å². The third-order valence-electron chi connectivity index (χ3n) is 2.90. The van der Waals surface area contributed by atoms with Gasteiger partial charge in [-0.2, -0.15) is 4.68 Å². The molecule has 0 aliphatic rings. The van der Waals surface area contributed by atoms with Crippen LogP contribution >= 0.6 is 11.3 Å². The van der Waals surface area contributed by atoms with Crippen molar-refractivity contribution < 1.29 is 0 Å². The predicted molar refractivity (Wildman–Crippen MR) is 83.5 cm³/mol. The van der Waals surface area contributed by atoms with Gasteiger partial charge in [-0.05, 0) is 29.5 Å². The molecule has 0 bridgehead atoms. The Labute approximate surface area is 121 Å². The van der Waals surface area contributed by atoms with Gasteiger partial charge < -0.3 is 0 Å². The third kappa shape index (κ3) is 2.49. The van der Waals surface area contributed by atoms with Gasteiger partial charge in [0.25, 0.3) is 0 Å². The summed E-state index contributed by atoms with van der Waals surface area (Å²) >= 11 is 1.67. The molecule has 102 valence electrons. The Bertz CT molecular complexity index is 725. The molecule has 20 heavy (non-hydrogen) atoms. The van der Waals surface area contributed by atoms with Gasteiger partial charge in [-0.3, -0.25) is 4.99 Å². The second-order valence-electron chi connectivity index (χ2n) is 5.03. The number of rotatable bonds is 3. The molecular weight excluding hydrogens is 268 g/mol. The van der Waals surface area contributed by atoms with Crippen LogP contribution < -0.4 is 0 Å². The minimum atomic E-state index is 0.514. The first kappa shape index (κ1) is 13.0. The Hall–Kier alpha value is -2.01. The van der Waals surface area contributed by atoms with Crippen LogP contribution in [-0.4, -0.2) is 27.4 Å². The van der Waals surface area contributed by atoms with E-state index in [9.17, 15) is 0 Å². The molecule has 0 amide bonds. The summed E-state index contributed by atoms with van der Waals surface area (Å²) in [6.45, 7) is 5.10. The monoisotopic (exact) mass is 284 g/mol. The highest BCUT2D eigenvalue weighted by Gasteiger charge is 2.13. The maximum Gasteiger partial charge on any atom is 0.168 e. The fourth-order valence-electron chi connectivity index (χ4n) is 1.95. The number of aliphatic imine (C=N–C) groups is 1. The van der Waals surface area contributed by atoms with Gasteiger partial charge in [0.2, 0.25) is 0 Å².